The molecule has 0 fully saturated rings. The summed E-state index contributed by atoms with van der Waals surface area (Å²) in [6.07, 6.45) is 0. The van der Waals surface area contributed by atoms with E-state index in [9.17, 15) is 20.2 Å². The van der Waals surface area contributed by atoms with Crippen LogP contribution in [0.15, 0.2) is 72.8 Å². The van der Waals surface area contributed by atoms with Crippen molar-refractivity contribution in [2.24, 2.45) is 0 Å². The predicted molar refractivity (Wildman–Crippen MR) is 184 cm³/mol. The van der Waals surface area contributed by atoms with Crippen molar-refractivity contribution in [3.8, 4) is 0 Å². The van der Waals surface area contributed by atoms with E-state index in [0.717, 1.165) is 32.9 Å². The maximum Gasteiger partial charge on any atom is 0.280 e. The second-order valence-corrected chi connectivity index (χ2v) is 11.1. The van der Waals surface area contributed by atoms with Crippen molar-refractivity contribution in [3.63, 3.8) is 0 Å². The molecule has 4 N–H and O–H groups in total. The first kappa shape index (κ1) is 30.6. The molecule has 0 aliphatic rings. The van der Waals surface area contributed by atoms with Gasteiger partial charge in [-0.15, -0.1) is 0 Å². The molecule has 0 bridgehead atoms. The molecule has 0 amide bonds. The van der Waals surface area contributed by atoms with Crippen LogP contribution in [0.2, 0.25) is 0 Å². The molecule has 0 atom stereocenters. The van der Waals surface area contributed by atoms with E-state index in [4.69, 9.17) is 9.97 Å². The van der Waals surface area contributed by atoms with Gasteiger partial charge in [-0.05, 0) is 37.1 Å². The second-order valence-electron chi connectivity index (χ2n) is 11.1. The van der Waals surface area contributed by atoms with Crippen LogP contribution in [0.4, 0.5) is 22.7 Å². The number of aromatic nitrogens is 2. The molecule has 2 aromatic heterocycles. The van der Waals surface area contributed by atoms with Gasteiger partial charge in [0, 0.05) is 62.2 Å². The molecule has 0 saturated heterocycles. The summed E-state index contributed by atoms with van der Waals surface area (Å²) in [5, 5.41) is 40.2. The van der Waals surface area contributed by atoms with Crippen LogP contribution < -0.4 is 21.3 Å². The molecule has 0 unspecified atom stereocenters. The van der Waals surface area contributed by atoms with Crippen LogP contribution in [0, 0.1) is 34.1 Å². The summed E-state index contributed by atoms with van der Waals surface area (Å²) in [6.45, 7) is 7.68. The maximum absolute atomic E-state index is 11.9. The van der Waals surface area contributed by atoms with Gasteiger partial charge in [0.05, 0.1) is 43.3 Å². The first-order chi connectivity index (χ1) is 22.3. The summed E-state index contributed by atoms with van der Waals surface area (Å²) in [7, 11) is 0. The van der Waals surface area contributed by atoms with Gasteiger partial charge in [-0.3, -0.25) is 20.2 Å². The number of aryl methyl sites for hydroxylation is 2. The molecular weight excluding hydrogens is 584 g/mol. The topological polar surface area (TPSA) is 160 Å². The predicted octanol–water partition coefficient (Wildman–Crippen LogP) is 6.23. The van der Waals surface area contributed by atoms with Crippen LogP contribution in [-0.4, -0.2) is 59.1 Å². The first-order valence-corrected chi connectivity index (χ1v) is 15.2. The lowest BCUT2D eigenvalue weighted by Gasteiger charge is -2.15. The zero-order valence-electron chi connectivity index (χ0n) is 25.6. The molecule has 0 aliphatic carbocycles. The van der Waals surface area contributed by atoms with Crippen molar-refractivity contribution in [3.05, 3.63) is 104 Å². The second kappa shape index (κ2) is 13.3. The number of hydrogen-bond donors (Lipinski definition) is 4. The minimum Gasteiger partial charge on any atom is -0.382 e. The lowest BCUT2D eigenvalue weighted by molar-refractivity contribution is -0.383. The van der Waals surface area contributed by atoms with Gasteiger partial charge in [-0.25, -0.2) is 9.97 Å². The van der Waals surface area contributed by atoms with Crippen molar-refractivity contribution in [1.82, 2.24) is 20.6 Å². The third-order valence-electron chi connectivity index (χ3n) is 8.11. The highest BCUT2D eigenvalue weighted by Gasteiger charge is 2.22. The van der Waals surface area contributed by atoms with E-state index >= 15 is 0 Å². The smallest absolute Gasteiger partial charge is 0.280 e. The number of nitrogens with one attached hydrogen (secondary N) is 4. The number of fused-ring (bicyclic) bond motifs is 4. The van der Waals surface area contributed by atoms with Gasteiger partial charge in [-0.1, -0.05) is 48.5 Å². The normalized spacial score (nSPS) is 11.4. The van der Waals surface area contributed by atoms with Crippen LogP contribution in [0.25, 0.3) is 43.6 Å². The Balaban J connectivity index is 1.05. The van der Waals surface area contributed by atoms with Crippen molar-refractivity contribution >= 4 is 66.4 Å². The average molecular weight is 619 g/mol. The fourth-order valence-corrected chi connectivity index (χ4v) is 5.88. The summed E-state index contributed by atoms with van der Waals surface area (Å²) in [5.41, 5.74) is 6.07. The lowest BCUT2D eigenvalue weighted by Crippen LogP contribution is -2.32. The highest BCUT2D eigenvalue weighted by Crippen LogP contribution is 2.39. The van der Waals surface area contributed by atoms with E-state index in [2.05, 4.69) is 21.3 Å². The molecule has 0 aliphatic heterocycles. The quantitative estimate of drug-likeness (QED) is 0.0506. The third-order valence-corrected chi connectivity index (χ3v) is 8.11. The van der Waals surface area contributed by atoms with Gasteiger partial charge in [0.25, 0.3) is 11.4 Å². The van der Waals surface area contributed by atoms with Gasteiger partial charge in [0.2, 0.25) is 0 Å². The SMILES string of the molecule is Cc1ccc([N+](=O)[O-])c2c(NCCNCCNCCNc3c4ccccc4nc4c(C)ccc([N+](=O)[O-])c34)c3ccccc3nc12. The molecule has 6 rings (SSSR count). The Bertz CT molecular complexity index is 1970. The fourth-order valence-electron chi connectivity index (χ4n) is 5.88. The molecular formula is C34H34N8O4. The van der Waals surface area contributed by atoms with Crippen LogP contribution in [0.3, 0.4) is 0 Å². The number of benzene rings is 4. The Morgan fingerprint density at radius 3 is 1.37 bits per heavy atom. The molecule has 2 heterocycles. The van der Waals surface area contributed by atoms with E-state index in [0.29, 0.717) is 72.4 Å². The summed E-state index contributed by atoms with van der Waals surface area (Å²) < 4.78 is 0. The molecule has 0 spiro atoms. The minimum atomic E-state index is -0.357. The standard InChI is InChI=1S/C34H34N8O4/c1-21-11-13-27(41(43)44)29-31(21)39-25-9-5-3-7-23(25)33(29)37-19-17-35-15-16-36-18-20-38-34-24-8-4-6-10-26(24)40-32-22(2)12-14-28(30(32)34)42(45)46/h3-14,35-36H,15-20H2,1-2H3,(H,37,39)(H,38,40). The van der Waals surface area contributed by atoms with Crippen LogP contribution in [-0.2, 0) is 0 Å². The molecule has 0 radical (unpaired) electrons. The van der Waals surface area contributed by atoms with E-state index in [1.165, 1.54) is 0 Å². The van der Waals surface area contributed by atoms with Crippen LogP contribution in [0.5, 0.6) is 0 Å². The Morgan fingerprint density at radius 1 is 0.565 bits per heavy atom. The summed E-state index contributed by atoms with van der Waals surface area (Å²) >= 11 is 0. The number of non-ortho nitro benzene ring substituents is 2. The number of anilines is 2. The van der Waals surface area contributed by atoms with Crippen molar-refractivity contribution in [1.29, 1.82) is 0 Å². The number of para-hydroxylation sites is 2. The molecule has 234 valence electrons. The van der Waals surface area contributed by atoms with Crippen LogP contribution >= 0.6 is 0 Å². The minimum absolute atomic E-state index is 0.0321. The number of nitrogens with zero attached hydrogens (tertiary/aromatic N) is 4. The molecule has 46 heavy (non-hydrogen) atoms. The van der Waals surface area contributed by atoms with Crippen molar-refractivity contribution in [2.45, 2.75) is 13.8 Å². The molecule has 12 heteroatoms. The highest BCUT2D eigenvalue weighted by atomic mass is 16.6. The number of pyridine rings is 2. The zero-order chi connectivity index (χ0) is 32.2. The average Bonchev–Trinajstić information content (AvgIpc) is 3.05. The number of hydrogen-bond acceptors (Lipinski definition) is 10. The molecule has 12 nitrogen and oxygen atoms in total. The third kappa shape index (κ3) is 5.95. The molecule has 0 saturated carbocycles. The lowest BCUT2D eigenvalue weighted by atomic mass is 10.0. The summed E-state index contributed by atoms with van der Waals surface area (Å²) in [6, 6.07) is 21.9. The number of nitro benzene ring substituents is 2. The maximum atomic E-state index is 11.9. The van der Waals surface area contributed by atoms with E-state index in [-0.39, 0.29) is 21.2 Å². The largest absolute Gasteiger partial charge is 0.382 e. The summed E-state index contributed by atoms with van der Waals surface area (Å²) in [5.74, 6) is 0. The zero-order valence-corrected chi connectivity index (χ0v) is 25.6. The monoisotopic (exact) mass is 618 g/mol. The Morgan fingerprint density at radius 2 is 0.957 bits per heavy atom. The molecule has 6 aromatic rings. The van der Waals surface area contributed by atoms with Gasteiger partial charge >= 0.3 is 0 Å². The number of rotatable bonds is 13. The Hall–Kier alpha value is -5.46. The van der Waals surface area contributed by atoms with Gasteiger partial charge in [0.15, 0.2) is 0 Å². The number of nitro groups is 2. The molecule has 4 aromatic carbocycles. The van der Waals surface area contributed by atoms with Crippen molar-refractivity contribution < 1.29 is 9.85 Å². The fraction of sp³-hybridized carbons (Fsp3) is 0.235. The van der Waals surface area contributed by atoms with Gasteiger partial charge in [0.1, 0.15) is 10.8 Å². The van der Waals surface area contributed by atoms with Gasteiger partial charge < -0.3 is 21.3 Å². The van der Waals surface area contributed by atoms with Crippen molar-refractivity contribution in [2.75, 3.05) is 49.9 Å². The van der Waals surface area contributed by atoms with Gasteiger partial charge in [-0.2, -0.15) is 0 Å². The highest BCUT2D eigenvalue weighted by molar-refractivity contribution is 6.13. The van der Waals surface area contributed by atoms with E-state index in [1.54, 1.807) is 24.3 Å². The first-order valence-electron chi connectivity index (χ1n) is 15.2. The Labute approximate surface area is 264 Å². The van der Waals surface area contributed by atoms with Crippen LogP contribution in [0.1, 0.15) is 11.1 Å². The summed E-state index contributed by atoms with van der Waals surface area (Å²) in [4.78, 5) is 32.5. The van der Waals surface area contributed by atoms with E-state index in [1.807, 2.05) is 62.4 Å². The Kier molecular flexibility index (Phi) is 8.81. The van der Waals surface area contributed by atoms with E-state index < -0.39 is 0 Å².